The van der Waals surface area contributed by atoms with E-state index in [0.717, 1.165) is 22.6 Å². The number of rotatable bonds is 3. The monoisotopic (exact) mass is 244 g/mol. The summed E-state index contributed by atoms with van der Waals surface area (Å²) < 4.78 is 0. The summed E-state index contributed by atoms with van der Waals surface area (Å²) >= 11 is 1.74. The lowest BCUT2D eigenvalue weighted by Crippen LogP contribution is -1.93. The first kappa shape index (κ1) is 11.9. The van der Waals surface area contributed by atoms with Gasteiger partial charge in [0.2, 0.25) is 0 Å². The number of nitrogens with one attached hydrogen (secondary N) is 1. The van der Waals surface area contributed by atoms with E-state index in [1.54, 1.807) is 11.8 Å². The molecule has 0 aliphatic heterocycles. The summed E-state index contributed by atoms with van der Waals surface area (Å²) in [7, 11) is 0. The molecule has 0 bridgehead atoms. The summed E-state index contributed by atoms with van der Waals surface area (Å²) in [6.45, 7) is 2.04. The highest BCUT2D eigenvalue weighted by molar-refractivity contribution is 7.98. The van der Waals surface area contributed by atoms with E-state index in [2.05, 4.69) is 41.9 Å². The van der Waals surface area contributed by atoms with Crippen molar-refractivity contribution in [1.29, 1.82) is 0 Å². The fourth-order valence-electron chi connectivity index (χ4n) is 1.73. The Labute approximate surface area is 106 Å². The van der Waals surface area contributed by atoms with Gasteiger partial charge in [-0.15, -0.1) is 11.8 Å². The second-order valence-corrected chi connectivity index (χ2v) is 4.87. The quantitative estimate of drug-likeness (QED) is 0.632. The van der Waals surface area contributed by atoms with Crippen LogP contribution in [0.2, 0.25) is 0 Å². The second kappa shape index (κ2) is 5.15. The summed E-state index contributed by atoms with van der Waals surface area (Å²) in [5.74, 6) is 0. The summed E-state index contributed by atoms with van der Waals surface area (Å²) in [4.78, 5) is 1.26. The van der Waals surface area contributed by atoms with E-state index in [1.807, 2.05) is 19.1 Å². The molecule has 0 aliphatic carbocycles. The lowest BCUT2D eigenvalue weighted by molar-refractivity contribution is 1.42. The third kappa shape index (κ3) is 3.17. The zero-order valence-electron chi connectivity index (χ0n) is 10.0. The molecule has 2 aromatic carbocycles. The zero-order valence-corrected chi connectivity index (χ0v) is 10.8. The number of anilines is 3. The van der Waals surface area contributed by atoms with Crippen molar-refractivity contribution in [1.82, 2.24) is 0 Å². The molecule has 0 aromatic heterocycles. The van der Waals surface area contributed by atoms with Gasteiger partial charge in [-0.2, -0.15) is 0 Å². The van der Waals surface area contributed by atoms with Gasteiger partial charge in [-0.1, -0.05) is 0 Å². The van der Waals surface area contributed by atoms with Crippen LogP contribution in [-0.2, 0) is 0 Å². The summed E-state index contributed by atoms with van der Waals surface area (Å²) in [5.41, 5.74) is 9.87. The number of hydrogen-bond acceptors (Lipinski definition) is 3. The van der Waals surface area contributed by atoms with E-state index in [4.69, 9.17) is 5.73 Å². The molecule has 0 saturated heterocycles. The lowest BCUT2D eigenvalue weighted by atomic mass is 10.2. The first-order valence-electron chi connectivity index (χ1n) is 5.45. The van der Waals surface area contributed by atoms with Crippen LogP contribution < -0.4 is 11.1 Å². The first-order chi connectivity index (χ1) is 8.17. The van der Waals surface area contributed by atoms with Crippen molar-refractivity contribution in [2.45, 2.75) is 11.8 Å². The van der Waals surface area contributed by atoms with Crippen LogP contribution in [0.1, 0.15) is 5.56 Å². The molecular formula is C14H16N2S. The van der Waals surface area contributed by atoms with Crippen LogP contribution in [0.3, 0.4) is 0 Å². The number of thioether (sulfide) groups is 1. The van der Waals surface area contributed by atoms with E-state index >= 15 is 0 Å². The Hall–Kier alpha value is -1.61. The van der Waals surface area contributed by atoms with E-state index in [1.165, 1.54) is 4.90 Å². The molecule has 88 valence electrons. The highest BCUT2D eigenvalue weighted by atomic mass is 32.2. The number of nitrogen functional groups attached to an aromatic ring is 1. The largest absolute Gasteiger partial charge is 0.399 e. The van der Waals surface area contributed by atoms with Gasteiger partial charge >= 0.3 is 0 Å². The maximum Gasteiger partial charge on any atom is 0.0407 e. The third-order valence-corrected chi connectivity index (χ3v) is 3.22. The molecule has 3 N–H and O–H groups in total. The number of hydrogen-bond donors (Lipinski definition) is 2. The standard InChI is InChI=1S/C14H16N2S/c1-10-7-11(15)9-13(8-10)16-12-3-5-14(17-2)6-4-12/h3-9,16H,15H2,1-2H3. The normalized spacial score (nSPS) is 10.2. The van der Waals surface area contributed by atoms with Gasteiger partial charge < -0.3 is 11.1 Å². The SMILES string of the molecule is CSc1ccc(Nc2cc(C)cc(N)c2)cc1. The van der Waals surface area contributed by atoms with Gasteiger partial charge in [-0.25, -0.2) is 0 Å². The van der Waals surface area contributed by atoms with Gasteiger partial charge in [0, 0.05) is 22.0 Å². The van der Waals surface area contributed by atoms with Crippen molar-refractivity contribution in [3.05, 3.63) is 48.0 Å². The fraction of sp³-hybridized carbons (Fsp3) is 0.143. The van der Waals surface area contributed by atoms with Gasteiger partial charge in [0.1, 0.15) is 0 Å². The molecule has 0 aliphatic rings. The van der Waals surface area contributed by atoms with Crippen molar-refractivity contribution in [2.75, 3.05) is 17.3 Å². The van der Waals surface area contributed by atoms with Crippen molar-refractivity contribution in [3.8, 4) is 0 Å². The molecule has 0 amide bonds. The van der Waals surface area contributed by atoms with E-state index in [9.17, 15) is 0 Å². The minimum absolute atomic E-state index is 0.785. The minimum Gasteiger partial charge on any atom is -0.399 e. The third-order valence-electron chi connectivity index (χ3n) is 2.48. The molecule has 0 radical (unpaired) electrons. The average molecular weight is 244 g/mol. The van der Waals surface area contributed by atoms with Gasteiger partial charge in [0.25, 0.3) is 0 Å². The Morgan fingerprint density at radius 1 is 1.00 bits per heavy atom. The molecule has 2 nitrogen and oxygen atoms in total. The highest BCUT2D eigenvalue weighted by Gasteiger charge is 1.97. The molecule has 17 heavy (non-hydrogen) atoms. The van der Waals surface area contributed by atoms with Gasteiger partial charge in [0.15, 0.2) is 0 Å². The van der Waals surface area contributed by atoms with Crippen LogP contribution in [0.4, 0.5) is 17.1 Å². The van der Waals surface area contributed by atoms with Crippen LogP contribution in [0.15, 0.2) is 47.4 Å². The summed E-state index contributed by atoms with van der Waals surface area (Å²) in [5, 5.41) is 3.35. The summed E-state index contributed by atoms with van der Waals surface area (Å²) in [6.07, 6.45) is 2.07. The Bertz CT molecular complexity index is 486. The van der Waals surface area contributed by atoms with Crippen LogP contribution in [0, 0.1) is 6.92 Å². The summed E-state index contributed by atoms with van der Waals surface area (Å²) in [6, 6.07) is 14.3. The highest BCUT2D eigenvalue weighted by Crippen LogP contribution is 2.23. The van der Waals surface area contributed by atoms with Gasteiger partial charge in [0.05, 0.1) is 0 Å². The minimum atomic E-state index is 0.785. The second-order valence-electron chi connectivity index (χ2n) is 3.99. The van der Waals surface area contributed by atoms with Crippen molar-refractivity contribution >= 4 is 28.8 Å². The number of nitrogens with two attached hydrogens (primary N) is 1. The number of aryl methyl sites for hydroxylation is 1. The topological polar surface area (TPSA) is 38.0 Å². The fourth-order valence-corrected chi connectivity index (χ4v) is 2.13. The van der Waals surface area contributed by atoms with E-state index in [-0.39, 0.29) is 0 Å². The van der Waals surface area contributed by atoms with Crippen molar-refractivity contribution < 1.29 is 0 Å². The Morgan fingerprint density at radius 2 is 1.71 bits per heavy atom. The molecule has 0 spiro atoms. The predicted octanol–water partition coefficient (Wildman–Crippen LogP) is 4.04. The Kier molecular flexibility index (Phi) is 3.59. The molecular weight excluding hydrogens is 228 g/mol. The van der Waals surface area contributed by atoms with Crippen LogP contribution >= 0.6 is 11.8 Å². The van der Waals surface area contributed by atoms with E-state index < -0.39 is 0 Å². The number of benzene rings is 2. The molecule has 3 heteroatoms. The van der Waals surface area contributed by atoms with Crippen LogP contribution in [0.5, 0.6) is 0 Å². The zero-order chi connectivity index (χ0) is 12.3. The predicted molar refractivity (Wildman–Crippen MR) is 77.1 cm³/mol. The maximum atomic E-state index is 5.82. The van der Waals surface area contributed by atoms with Crippen LogP contribution in [0.25, 0.3) is 0 Å². The maximum absolute atomic E-state index is 5.82. The van der Waals surface area contributed by atoms with Crippen molar-refractivity contribution in [2.24, 2.45) is 0 Å². The van der Waals surface area contributed by atoms with Crippen molar-refractivity contribution in [3.63, 3.8) is 0 Å². The molecule has 2 aromatic rings. The lowest BCUT2D eigenvalue weighted by Gasteiger charge is -2.09. The smallest absolute Gasteiger partial charge is 0.0407 e. The van der Waals surface area contributed by atoms with Crippen LogP contribution in [-0.4, -0.2) is 6.26 Å². The average Bonchev–Trinajstić information content (AvgIpc) is 2.28. The molecule has 0 unspecified atom stereocenters. The molecule has 0 heterocycles. The molecule has 0 saturated carbocycles. The molecule has 0 fully saturated rings. The Balaban J connectivity index is 2.19. The van der Waals surface area contributed by atoms with Gasteiger partial charge in [-0.05, 0) is 61.2 Å². The van der Waals surface area contributed by atoms with Gasteiger partial charge in [-0.3, -0.25) is 0 Å². The Morgan fingerprint density at radius 3 is 2.29 bits per heavy atom. The van der Waals surface area contributed by atoms with E-state index in [0.29, 0.717) is 0 Å². The molecule has 2 rings (SSSR count). The molecule has 0 atom stereocenters. The first-order valence-corrected chi connectivity index (χ1v) is 6.68.